The van der Waals surface area contributed by atoms with Gasteiger partial charge in [-0.1, -0.05) is 39.7 Å². The first kappa shape index (κ1) is 19.2. The Morgan fingerprint density at radius 3 is 2.53 bits per heavy atom. The number of benzene rings is 3. The Kier molecular flexibility index (Phi) is 4.78. The van der Waals surface area contributed by atoms with Crippen LogP contribution >= 0.6 is 15.9 Å². The number of fused-ring (bicyclic) bond motifs is 3. The van der Waals surface area contributed by atoms with Crippen LogP contribution in [0.1, 0.15) is 46.5 Å². The third-order valence-corrected chi connectivity index (χ3v) is 6.36. The molecule has 0 bridgehead atoms. The third-order valence-electron chi connectivity index (χ3n) is 5.87. The minimum absolute atomic E-state index is 0.133. The van der Waals surface area contributed by atoms with Crippen LogP contribution in [-0.2, 0) is 0 Å². The topological polar surface area (TPSA) is 34.1 Å². The number of halogens is 1. The second-order valence-corrected chi connectivity index (χ2v) is 8.80. The zero-order valence-electron chi connectivity index (χ0n) is 17.2. The lowest BCUT2D eigenvalue weighted by atomic mass is 9.95. The number of rotatable bonds is 3. The Labute approximate surface area is 185 Å². The first-order valence-corrected chi connectivity index (χ1v) is 10.9. The predicted octanol–water partition coefficient (Wildman–Crippen LogP) is 6.32. The van der Waals surface area contributed by atoms with Crippen LogP contribution in [-0.4, -0.2) is 17.8 Å². The molecule has 0 amide bonds. The number of nitrogens with zero attached hydrogens (tertiary/aromatic N) is 2. The van der Waals surface area contributed by atoms with Crippen LogP contribution in [0.4, 0.5) is 0 Å². The van der Waals surface area contributed by atoms with Crippen molar-refractivity contribution in [2.24, 2.45) is 5.10 Å². The molecular weight excluding hydrogens is 440 g/mol. The Hall–Kier alpha value is -2.79. The van der Waals surface area contributed by atoms with E-state index in [9.17, 15) is 0 Å². The molecule has 0 saturated carbocycles. The number of hydrogen-bond donors (Lipinski definition) is 0. The molecule has 2 aliphatic rings. The number of ether oxygens (including phenoxy) is 2. The fraction of sp³-hybridized carbons (Fsp3) is 0.240. The molecule has 0 fully saturated rings. The molecule has 2 heterocycles. The van der Waals surface area contributed by atoms with Gasteiger partial charge in [0.2, 0.25) is 6.23 Å². The van der Waals surface area contributed by atoms with Gasteiger partial charge in [-0.05, 0) is 67.4 Å². The fourth-order valence-corrected chi connectivity index (χ4v) is 4.70. The Balaban J connectivity index is 1.59. The van der Waals surface area contributed by atoms with Crippen molar-refractivity contribution in [1.29, 1.82) is 0 Å². The van der Waals surface area contributed by atoms with Gasteiger partial charge >= 0.3 is 0 Å². The Bertz CT molecular complexity index is 1140. The van der Waals surface area contributed by atoms with E-state index in [0.29, 0.717) is 0 Å². The first-order valence-electron chi connectivity index (χ1n) is 10.1. The summed E-state index contributed by atoms with van der Waals surface area (Å²) in [6.45, 7) is 4.26. The molecule has 2 atom stereocenters. The molecule has 0 aliphatic carbocycles. The van der Waals surface area contributed by atoms with Crippen LogP contribution in [0.2, 0.25) is 0 Å². The van der Waals surface area contributed by atoms with E-state index < -0.39 is 0 Å². The summed E-state index contributed by atoms with van der Waals surface area (Å²) >= 11 is 3.62. The van der Waals surface area contributed by atoms with Crippen molar-refractivity contribution in [3.8, 4) is 11.5 Å². The summed E-state index contributed by atoms with van der Waals surface area (Å²) in [6.07, 6.45) is 0.584. The molecule has 5 heteroatoms. The largest absolute Gasteiger partial charge is 0.497 e. The lowest BCUT2D eigenvalue weighted by Gasteiger charge is -2.38. The zero-order chi connectivity index (χ0) is 20.8. The molecule has 4 nitrogen and oxygen atoms in total. The molecule has 3 aromatic carbocycles. The van der Waals surface area contributed by atoms with E-state index >= 15 is 0 Å². The summed E-state index contributed by atoms with van der Waals surface area (Å²) in [7, 11) is 1.68. The van der Waals surface area contributed by atoms with Crippen LogP contribution in [0.3, 0.4) is 0 Å². The average Bonchev–Trinajstić information content (AvgIpc) is 3.19. The van der Waals surface area contributed by atoms with Crippen LogP contribution < -0.4 is 9.47 Å². The maximum atomic E-state index is 6.51. The lowest BCUT2D eigenvalue weighted by Crippen LogP contribution is -2.34. The standard InChI is InChI=1S/C25H23BrN2O2/c1-15-4-10-20(16(2)12-15)25-28-23(21-13-18(26)7-11-24(21)30-25)14-22(27-28)17-5-8-19(29-3)9-6-17/h4-13,23,25H,14H2,1-3H3/t23-,25-/m1/s1. The molecule has 5 rings (SSSR count). The van der Waals surface area contributed by atoms with Gasteiger partial charge in [0.25, 0.3) is 0 Å². The minimum atomic E-state index is -0.250. The lowest BCUT2D eigenvalue weighted by molar-refractivity contribution is -0.0194. The fourth-order valence-electron chi connectivity index (χ4n) is 4.32. The van der Waals surface area contributed by atoms with E-state index in [-0.39, 0.29) is 12.3 Å². The molecule has 0 aromatic heterocycles. The summed E-state index contributed by atoms with van der Waals surface area (Å²) in [5.74, 6) is 1.77. The number of hydrogen-bond acceptors (Lipinski definition) is 4. The quantitative estimate of drug-likeness (QED) is 0.456. The summed E-state index contributed by atoms with van der Waals surface area (Å²) in [6, 6.07) is 21.0. The second kappa shape index (κ2) is 7.47. The molecule has 2 aliphatic heterocycles. The summed E-state index contributed by atoms with van der Waals surface area (Å²) in [5, 5.41) is 7.19. The van der Waals surface area contributed by atoms with E-state index in [4.69, 9.17) is 14.6 Å². The van der Waals surface area contributed by atoms with E-state index in [1.54, 1.807) is 7.11 Å². The smallest absolute Gasteiger partial charge is 0.214 e. The molecule has 30 heavy (non-hydrogen) atoms. The molecule has 0 N–H and O–H groups in total. The van der Waals surface area contributed by atoms with Crippen LogP contribution in [0.25, 0.3) is 0 Å². The molecular formula is C25H23BrN2O2. The number of aryl methyl sites for hydroxylation is 2. The number of hydrazone groups is 1. The van der Waals surface area contributed by atoms with E-state index in [1.807, 2.05) is 18.2 Å². The summed E-state index contributed by atoms with van der Waals surface area (Å²) in [5.41, 5.74) is 6.95. The van der Waals surface area contributed by atoms with Crippen molar-refractivity contribution in [1.82, 2.24) is 5.01 Å². The molecule has 0 radical (unpaired) electrons. The van der Waals surface area contributed by atoms with Crippen molar-refractivity contribution in [2.75, 3.05) is 7.11 Å². The van der Waals surface area contributed by atoms with Crippen molar-refractivity contribution < 1.29 is 9.47 Å². The zero-order valence-corrected chi connectivity index (χ0v) is 18.8. The molecule has 0 saturated heterocycles. The number of methoxy groups -OCH3 is 1. The third kappa shape index (κ3) is 3.27. The van der Waals surface area contributed by atoms with Gasteiger partial charge in [-0.3, -0.25) is 0 Å². The van der Waals surface area contributed by atoms with Gasteiger partial charge in [-0.2, -0.15) is 5.10 Å². The second-order valence-electron chi connectivity index (χ2n) is 7.89. The highest BCUT2D eigenvalue weighted by Crippen LogP contribution is 2.48. The summed E-state index contributed by atoms with van der Waals surface area (Å²) < 4.78 is 12.9. The van der Waals surface area contributed by atoms with Crippen molar-refractivity contribution in [3.05, 3.63) is 93.0 Å². The van der Waals surface area contributed by atoms with E-state index in [2.05, 4.69) is 77.3 Å². The first-order chi connectivity index (χ1) is 14.5. The highest BCUT2D eigenvalue weighted by Gasteiger charge is 2.41. The van der Waals surface area contributed by atoms with Gasteiger partial charge in [0.05, 0.1) is 18.9 Å². The normalized spacial score (nSPS) is 19.6. The maximum absolute atomic E-state index is 6.51. The van der Waals surface area contributed by atoms with Gasteiger partial charge in [-0.15, -0.1) is 0 Å². The van der Waals surface area contributed by atoms with Crippen molar-refractivity contribution in [2.45, 2.75) is 32.5 Å². The molecule has 0 spiro atoms. The predicted molar refractivity (Wildman–Crippen MR) is 122 cm³/mol. The highest BCUT2D eigenvalue weighted by atomic mass is 79.9. The Morgan fingerprint density at radius 1 is 1.00 bits per heavy atom. The Morgan fingerprint density at radius 2 is 1.80 bits per heavy atom. The van der Waals surface area contributed by atoms with E-state index in [0.717, 1.165) is 44.8 Å². The van der Waals surface area contributed by atoms with Crippen molar-refractivity contribution >= 4 is 21.6 Å². The minimum Gasteiger partial charge on any atom is -0.497 e. The highest BCUT2D eigenvalue weighted by molar-refractivity contribution is 9.10. The van der Waals surface area contributed by atoms with Crippen molar-refractivity contribution in [3.63, 3.8) is 0 Å². The monoisotopic (exact) mass is 462 g/mol. The van der Waals surface area contributed by atoms with Gasteiger partial charge in [0, 0.05) is 22.0 Å². The molecule has 0 unspecified atom stereocenters. The van der Waals surface area contributed by atoms with Crippen LogP contribution in [0.5, 0.6) is 11.5 Å². The average molecular weight is 463 g/mol. The SMILES string of the molecule is COc1ccc(C2=NN3[C@H](C2)c2cc(Br)ccc2O[C@@H]3c2ccc(C)cc2C)cc1. The molecule has 152 valence electrons. The van der Waals surface area contributed by atoms with Gasteiger partial charge in [0.1, 0.15) is 11.5 Å². The molecule has 3 aromatic rings. The maximum Gasteiger partial charge on any atom is 0.214 e. The van der Waals surface area contributed by atoms with E-state index in [1.165, 1.54) is 11.1 Å². The summed E-state index contributed by atoms with van der Waals surface area (Å²) in [4.78, 5) is 0. The van der Waals surface area contributed by atoms with Gasteiger partial charge in [-0.25, -0.2) is 5.01 Å². The van der Waals surface area contributed by atoms with Gasteiger partial charge < -0.3 is 9.47 Å². The van der Waals surface area contributed by atoms with Crippen LogP contribution in [0.15, 0.2) is 70.2 Å². The van der Waals surface area contributed by atoms with Gasteiger partial charge in [0.15, 0.2) is 0 Å². The van der Waals surface area contributed by atoms with Crippen LogP contribution in [0, 0.1) is 13.8 Å².